The molecule has 0 fully saturated rings. The van der Waals surface area contributed by atoms with Gasteiger partial charge in [-0.1, -0.05) is 34.7 Å². The number of nitrogens with zero attached hydrogens (tertiary/aromatic N) is 2. The van der Waals surface area contributed by atoms with Crippen LogP contribution in [0.4, 0.5) is 10.8 Å². The number of nitrogens with one attached hydrogen (secondary N) is 1. The zero-order valence-corrected chi connectivity index (χ0v) is 13.9. The Morgan fingerprint density at radius 2 is 2.14 bits per heavy atom. The lowest BCUT2D eigenvalue weighted by atomic mass is 10.3. The van der Waals surface area contributed by atoms with Crippen molar-refractivity contribution in [1.82, 2.24) is 10.2 Å². The van der Waals surface area contributed by atoms with E-state index in [1.807, 2.05) is 12.1 Å². The molecule has 0 saturated heterocycles. The quantitative estimate of drug-likeness (QED) is 0.632. The van der Waals surface area contributed by atoms with Gasteiger partial charge in [0, 0.05) is 10.7 Å². The molecular formula is C13H14ClN3O2S2. The monoisotopic (exact) mass is 343 g/mol. The van der Waals surface area contributed by atoms with Gasteiger partial charge in [-0.15, -0.1) is 10.2 Å². The van der Waals surface area contributed by atoms with Crippen molar-refractivity contribution in [2.75, 3.05) is 11.9 Å². The largest absolute Gasteiger partial charge is 0.465 e. The molecule has 0 saturated carbocycles. The minimum Gasteiger partial charge on any atom is -0.465 e. The minimum atomic E-state index is -0.304. The van der Waals surface area contributed by atoms with Crippen LogP contribution in [0.2, 0.25) is 5.02 Å². The minimum absolute atomic E-state index is 0.245. The summed E-state index contributed by atoms with van der Waals surface area (Å²) in [6.45, 7) is 3.95. The lowest BCUT2D eigenvalue weighted by Gasteiger charge is -2.06. The van der Waals surface area contributed by atoms with Crippen LogP contribution < -0.4 is 5.32 Å². The third-order valence-corrected chi connectivity index (χ3v) is 4.65. The molecule has 0 amide bonds. The van der Waals surface area contributed by atoms with Crippen LogP contribution in [0.5, 0.6) is 0 Å². The van der Waals surface area contributed by atoms with Crippen LogP contribution in [-0.4, -0.2) is 28.0 Å². The number of thioether (sulfide) groups is 1. The first-order valence-corrected chi connectivity index (χ1v) is 8.35. The number of benzene rings is 1. The SMILES string of the molecule is CCOC(=O)C(C)Sc1nnc(Nc2ccc(Cl)cc2)s1. The zero-order valence-electron chi connectivity index (χ0n) is 11.5. The summed E-state index contributed by atoms with van der Waals surface area (Å²) in [6.07, 6.45) is 0. The van der Waals surface area contributed by atoms with Gasteiger partial charge in [-0.2, -0.15) is 0 Å². The smallest absolute Gasteiger partial charge is 0.319 e. The van der Waals surface area contributed by atoms with E-state index in [4.69, 9.17) is 16.3 Å². The van der Waals surface area contributed by atoms with Crippen molar-refractivity contribution >= 4 is 51.5 Å². The average Bonchev–Trinajstić information content (AvgIpc) is 2.89. The topological polar surface area (TPSA) is 64.1 Å². The van der Waals surface area contributed by atoms with Gasteiger partial charge in [-0.05, 0) is 38.1 Å². The Balaban J connectivity index is 1.95. The number of aromatic nitrogens is 2. The van der Waals surface area contributed by atoms with E-state index in [2.05, 4.69) is 15.5 Å². The van der Waals surface area contributed by atoms with Gasteiger partial charge in [0.1, 0.15) is 5.25 Å². The lowest BCUT2D eigenvalue weighted by Crippen LogP contribution is -2.16. The summed E-state index contributed by atoms with van der Waals surface area (Å²) in [5, 5.41) is 12.3. The molecule has 8 heteroatoms. The van der Waals surface area contributed by atoms with Crippen LogP contribution in [-0.2, 0) is 9.53 Å². The number of anilines is 2. The number of rotatable bonds is 6. The Morgan fingerprint density at radius 3 is 2.81 bits per heavy atom. The molecule has 1 unspecified atom stereocenters. The number of carbonyl (C=O) groups excluding carboxylic acids is 1. The molecule has 5 nitrogen and oxygen atoms in total. The van der Waals surface area contributed by atoms with Crippen LogP contribution in [0.25, 0.3) is 0 Å². The number of halogens is 1. The standard InChI is InChI=1S/C13H14ClN3O2S2/c1-3-19-11(18)8(2)20-13-17-16-12(21-13)15-10-6-4-9(14)5-7-10/h4-8H,3H2,1-2H3,(H,15,16). The molecule has 1 heterocycles. The number of carbonyl (C=O) groups is 1. The van der Waals surface area contributed by atoms with E-state index < -0.39 is 0 Å². The van der Waals surface area contributed by atoms with Gasteiger partial charge >= 0.3 is 5.97 Å². The first kappa shape index (κ1) is 16.1. The Morgan fingerprint density at radius 1 is 1.43 bits per heavy atom. The fraction of sp³-hybridized carbons (Fsp3) is 0.308. The van der Waals surface area contributed by atoms with Gasteiger partial charge in [0.25, 0.3) is 0 Å². The number of hydrogen-bond acceptors (Lipinski definition) is 7. The summed E-state index contributed by atoms with van der Waals surface area (Å²) in [6, 6.07) is 7.31. The second-order valence-electron chi connectivity index (χ2n) is 4.02. The molecule has 0 aliphatic heterocycles. The maximum Gasteiger partial charge on any atom is 0.319 e. The van der Waals surface area contributed by atoms with Crippen LogP contribution in [0.1, 0.15) is 13.8 Å². The Kier molecular flexibility index (Phi) is 5.84. The molecule has 21 heavy (non-hydrogen) atoms. The predicted molar refractivity (Wildman–Crippen MR) is 86.6 cm³/mol. The molecule has 0 aliphatic carbocycles. The number of hydrogen-bond donors (Lipinski definition) is 1. The van der Waals surface area contributed by atoms with Gasteiger partial charge in [-0.25, -0.2) is 0 Å². The summed E-state index contributed by atoms with van der Waals surface area (Å²) in [7, 11) is 0. The molecule has 1 atom stereocenters. The van der Waals surface area contributed by atoms with Crippen molar-refractivity contribution in [3.05, 3.63) is 29.3 Å². The number of ether oxygens (including phenoxy) is 1. The van der Waals surface area contributed by atoms with Crippen LogP contribution in [0, 0.1) is 0 Å². The van der Waals surface area contributed by atoms with Crippen molar-refractivity contribution < 1.29 is 9.53 Å². The zero-order chi connectivity index (χ0) is 15.2. The van der Waals surface area contributed by atoms with E-state index >= 15 is 0 Å². The van der Waals surface area contributed by atoms with Gasteiger partial charge in [0.05, 0.1) is 6.61 Å². The summed E-state index contributed by atoms with van der Waals surface area (Å²) in [5.41, 5.74) is 0.880. The van der Waals surface area contributed by atoms with Crippen molar-refractivity contribution in [3.8, 4) is 0 Å². The van der Waals surface area contributed by atoms with Gasteiger partial charge < -0.3 is 10.1 Å². The highest BCUT2D eigenvalue weighted by Gasteiger charge is 2.18. The Hall–Kier alpha value is -1.31. The molecule has 112 valence electrons. The fourth-order valence-corrected chi connectivity index (χ4v) is 3.46. The van der Waals surface area contributed by atoms with Gasteiger partial charge in [0.2, 0.25) is 5.13 Å². The van der Waals surface area contributed by atoms with Crippen LogP contribution in [0.15, 0.2) is 28.6 Å². The molecule has 0 bridgehead atoms. The summed E-state index contributed by atoms with van der Waals surface area (Å²) in [4.78, 5) is 11.6. The molecule has 1 aromatic carbocycles. The molecule has 2 rings (SSSR count). The third kappa shape index (κ3) is 4.87. The first-order chi connectivity index (χ1) is 10.1. The third-order valence-electron chi connectivity index (χ3n) is 2.40. The van der Waals surface area contributed by atoms with E-state index in [0.717, 1.165) is 5.69 Å². The molecular weight excluding hydrogens is 330 g/mol. The first-order valence-electron chi connectivity index (χ1n) is 6.28. The van der Waals surface area contributed by atoms with Gasteiger partial charge in [-0.3, -0.25) is 4.79 Å². The Bertz CT molecular complexity index is 604. The molecule has 1 aromatic heterocycles. The number of esters is 1. The van der Waals surface area contributed by atoms with E-state index in [0.29, 0.717) is 21.1 Å². The van der Waals surface area contributed by atoms with Crippen LogP contribution in [0.3, 0.4) is 0 Å². The molecule has 0 aliphatic rings. The summed E-state index contributed by atoms with van der Waals surface area (Å²) < 4.78 is 5.67. The highest BCUT2D eigenvalue weighted by molar-refractivity contribution is 8.02. The molecule has 1 N–H and O–H groups in total. The van der Waals surface area contributed by atoms with E-state index in [1.165, 1.54) is 23.1 Å². The van der Waals surface area contributed by atoms with Crippen molar-refractivity contribution in [2.45, 2.75) is 23.4 Å². The highest BCUT2D eigenvalue weighted by Crippen LogP contribution is 2.30. The maximum absolute atomic E-state index is 11.6. The van der Waals surface area contributed by atoms with E-state index in [1.54, 1.807) is 26.0 Å². The normalized spacial score (nSPS) is 12.0. The molecule has 2 aromatic rings. The Labute approximate surface area is 136 Å². The summed E-state index contributed by atoms with van der Waals surface area (Å²) >= 11 is 8.55. The van der Waals surface area contributed by atoms with Crippen molar-refractivity contribution in [2.24, 2.45) is 0 Å². The second kappa shape index (κ2) is 7.63. The van der Waals surface area contributed by atoms with Crippen molar-refractivity contribution in [3.63, 3.8) is 0 Å². The van der Waals surface area contributed by atoms with E-state index in [-0.39, 0.29) is 11.2 Å². The molecule has 0 spiro atoms. The van der Waals surface area contributed by atoms with Crippen LogP contribution >= 0.6 is 34.7 Å². The highest BCUT2D eigenvalue weighted by atomic mass is 35.5. The average molecular weight is 344 g/mol. The van der Waals surface area contributed by atoms with Crippen molar-refractivity contribution in [1.29, 1.82) is 0 Å². The predicted octanol–water partition coefficient (Wildman–Crippen LogP) is 3.98. The fourth-order valence-electron chi connectivity index (χ4n) is 1.42. The lowest BCUT2D eigenvalue weighted by molar-refractivity contribution is -0.142. The van der Waals surface area contributed by atoms with E-state index in [9.17, 15) is 4.79 Å². The maximum atomic E-state index is 11.6. The summed E-state index contributed by atoms with van der Waals surface area (Å²) in [5.74, 6) is -0.245. The molecule has 0 radical (unpaired) electrons. The van der Waals surface area contributed by atoms with Gasteiger partial charge in [0.15, 0.2) is 4.34 Å². The second-order valence-corrected chi connectivity index (χ2v) is 7.02.